The van der Waals surface area contributed by atoms with Crippen molar-refractivity contribution in [1.82, 2.24) is 50.1 Å². The quantitative estimate of drug-likeness (QED) is 0.571. The minimum absolute atomic E-state index is 0.174. The zero-order valence-electron chi connectivity index (χ0n) is 11.9. The molecule has 3 aromatic heterocycles. The van der Waals surface area contributed by atoms with Crippen molar-refractivity contribution in [2.75, 3.05) is 6.54 Å². The first kappa shape index (κ1) is 13.5. The van der Waals surface area contributed by atoms with Crippen molar-refractivity contribution in [2.45, 2.75) is 19.7 Å². The summed E-state index contributed by atoms with van der Waals surface area (Å²) >= 11 is 0. The van der Waals surface area contributed by atoms with Gasteiger partial charge in [0.05, 0.1) is 12.7 Å². The molecule has 3 aromatic rings. The fraction of sp³-hybridized carbons (Fsp3) is 0.364. The van der Waals surface area contributed by atoms with Crippen LogP contribution in [0.4, 0.5) is 0 Å². The Morgan fingerprint density at radius 1 is 1.35 bits per heavy atom. The number of aliphatic hydroxyl groups excluding tert-OH is 1. The van der Waals surface area contributed by atoms with E-state index in [0.717, 1.165) is 0 Å². The number of nitrogens with zero attached hydrogens (tertiary/aromatic N) is 9. The zero-order chi connectivity index (χ0) is 15.8. The number of carbonyl (C=O) groups excluding carboxylic acids is 1. The van der Waals surface area contributed by atoms with Gasteiger partial charge in [-0.2, -0.15) is 9.78 Å². The van der Waals surface area contributed by atoms with E-state index in [1.165, 1.54) is 17.2 Å². The van der Waals surface area contributed by atoms with Crippen molar-refractivity contribution in [2.24, 2.45) is 0 Å². The van der Waals surface area contributed by atoms with E-state index in [2.05, 4.69) is 35.9 Å². The van der Waals surface area contributed by atoms with E-state index < -0.39 is 0 Å². The van der Waals surface area contributed by atoms with Gasteiger partial charge in [-0.1, -0.05) is 0 Å². The summed E-state index contributed by atoms with van der Waals surface area (Å²) in [6.07, 6.45) is 2.82. The normalized spacial score (nSPS) is 14.0. The van der Waals surface area contributed by atoms with Crippen LogP contribution >= 0.6 is 0 Å². The van der Waals surface area contributed by atoms with E-state index in [4.69, 9.17) is 0 Å². The van der Waals surface area contributed by atoms with Gasteiger partial charge in [0.25, 0.3) is 5.91 Å². The number of aliphatic hydroxyl groups is 1. The summed E-state index contributed by atoms with van der Waals surface area (Å²) in [7, 11) is 0. The first-order valence-electron chi connectivity index (χ1n) is 6.85. The molecule has 0 aromatic carbocycles. The Bertz CT molecular complexity index is 835. The standard InChI is InChI=1S/C11H12N10O2/c22-5-9-15-14-8-4-19(1-2-20(8)9)11(23)7-3-12-16-10(7)21-6-13-17-18-21/h3,6,22H,1-2,4-5H2,(H,12,16). The highest BCUT2D eigenvalue weighted by Gasteiger charge is 2.27. The molecule has 0 aliphatic carbocycles. The van der Waals surface area contributed by atoms with E-state index in [-0.39, 0.29) is 12.5 Å². The maximum atomic E-state index is 12.7. The molecule has 4 rings (SSSR count). The topological polar surface area (TPSA) is 144 Å². The van der Waals surface area contributed by atoms with Crippen molar-refractivity contribution in [3.05, 3.63) is 29.7 Å². The van der Waals surface area contributed by atoms with Gasteiger partial charge < -0.3 is 14.6 Å². The van der Waals surface area contributed by atoms with Crippen LogP contribution in [0.25, 0.3) is 5.82 Å². The summed E-state index contributed by atoms with van der Waals surface area (Å²) in [5.74, 6) is 1.35. The summed E-state index contributed by atoms with van der Waals surface area (Å²) in [5.41, 5.74) is 0.368. The third-order valence-electron chi connectivity index (χ3n) is 3.69. The number of rotatable bonds is 3. The van der Waals surface area contributed by atoms with Gasteiger partial charge in [0.1, 0.15) is 18.5 Å². The van der Waals surface area contributed by atoms with Gasteiger partial charge in [-0.15, -0.1) is 15.3 Å². The summed E-state index contributed by atoms with van der Waals surface area (Å²) in [4.78, 5) is 14.4. The number of hydrogen-bond donors (Lipinski definition) is 2. The molecule has 0 bridgehead atoms. The molecule has 0 unspecified atom stereocenters. The van der Waals surface area contributed by atoms with Crippen molar-refractivity contribution >= 4 is 5.91 Å². The smallest absolute Gasteiger partial charge is 0.259 e. The lowest BCUT2D eigenvalue weighted by Gasteiger charge is -2.27. The van der Waals surface area contributed by atoms with Crippen molar-refractivity contribution < 1.29 is 9.90 Å². The third kappa shape index (κ3) is 2.15. The molecule has 0 saturated carbocycles. The fourth-order valence-electron chi connectivity index (χ4n) is 2.55. The molecule has 12 heteroatoms. The second kappa shape index (κ2) is 5.24. The molecule has 1 aliphatic heterocycles. The van der Waals surface area contributed by atoms with Crippen LogP contribution < -0.4 is 0 Å². The van der Waals surface area contributed by atoms with Crippen molar-refractivity contribution in [1.29, 1.82) is 0 Å². The van der Waals surface area contributed by atoms with Crippen LogP contribution in [0.15, 0.2) is 12.5 Å². The number of carbonyl (C=O) groups is 1. The Morgan fingerprint density at radius 3 is 3.04 bits per heavy atom. The SMILES string of the molecule is O=C(c1cn[nH]c1-n1cnnn1)N1CCn2c(CO)nnc2C1. The van der Waals surface area contributed by atoms with Gasteiger partial charge in [-0.3, -0.25) is 9.89 Å². The number of aromatic nitrogens is 9. The Kier molecular flexibility index (Phi) is 3.08. The van der Waals surface area contributed by atoms with Crippen LogP contribution in [0, 0.1) is 0 Å². The number of nitrogens with one attached hydrogen (secondary N) is 1. The van der Waals surface area contributed by atoms with Crippen LogP contribution in [0.3, 0.4) is 0 Å². The zero-order valence-corrected chi connectivity index (χ0v) is 11.9. The lowest BCUT2D eigenvalue weighted by atomic mass is 10.2. The predicted octanol–water partition coefficient (Wildman–Crippen LogP) is -1.87. The molecule has 4 heterocycles. The molecule has 0 radical (unpaired) electrons. The maximum absolute atomic E-state index is 12.7. The number of hydrogen-bond acceptors (Lipinski definition) is 8. The van der Waals surface area contributed by atoms with Crippen LogP contribution in [0.5, 0.6) is 0 Å². The van der Waals surface area contributed by atoms with Gasteiger partial charge in [-0.25, -0.2) is 0 Å². The maximum Gasteiger partial charge on any atom is 0.259 e. The first-order valence-corrected chi connectivity index (χ1v) is 6.85. The Morgan fingerprint density at radius 2 is 2.26 bits per heavy atom. The van der Waals surface area contributed by atoms with Gasteiger partial charge in [0.2, 0.25) is 0 Å². The van der Waals surface area contributed by atoms with Crippen LogP contribution in [0.2, 0.25) is 0 Å². The Balaban J connectivity index is 1.60. The molecule has 1 aliphatic rings. The average molecular weight is 316 g/mol. The van der Waals surface area contributed by atoms with E-state index in [0.29, 0.717) is 42.7 Å². The Hall–Kier alpha value is -3.15. The highest BCUT2D eigenvalue weighted by atomic mass is 16.3. The Labute approximate surface area is 128 Å². The fourth-order valence-corrected chi connectivity index (χ4v) is 2.55. The molecule has 0 fully saturated rings. The number of H-pyrrole nitrogens is 1. The molecule has 23 heavy (non-hydrogen) atoms. The van der Waals surface area contributed by atoms with Gasteiger partial charge in [0, 0.05) is 13.1 Å². The second-order valence-corrected chi connectivity index (χ2v) is 4.96. The highest BCUT2D eigenvalue weighted by molar-refractivity contribution is 5.96. The second-order valence-electron chi connectivity index (χ2n) is 4.96. The molecular weight excluding hydrogens is 304 g/mol. The third-order valence-corrected chi connectivity index (χ3v) is 3.69. The molecule has 12 nitrogen and oxygen atoms in total. The van der Waals surface area contributed by atoms with Crippen LogP contribution in [-0.4, -0.2) is 67.6 Å². The summed E-state index contributed by atoms with van der Waals surface area (Å²) in [6.45, 7) is 1.15. The van der Waals surface area contributed by atoms with E-state index in [9.17, 15) is 9.90 Å². The predicted molar refractivity (Wildman–Crippen MR) is 72.0 cm³/mol. The van der Waals surface area contributed by atoms with Gasteiger partial charge in [0.15, 0.2) is 17.5 Å². The van der Waals surface area contributed by atoms with Crippen molar-refractivity contribution in [3.63, 3.8) is 0 Å². The molecule has 2 N–H and O–H groups in total. The minimum atomic E-state index is -0.205. The molecule has 118 valence electrons. The van der Waals surface area contributed by atoms with E-state index >= 15 is 0 Å². The van der Waals surface area contributed by atoms with Gasteiger partial charge >= 0.3 is 0 Å². The summed E-state index contributed by atoms with van der Waals surface area (Å²) in [5, 5.41) is 34.6. The van der Waals surface area contributed by atoms with Gasteiger partial charge in [-0.05, 0) is 10.4 Å². The lowest BCUT2D eigenvalue weighted by molar-refractivity contribution is 0.0705. The molecule has 0 spiro atoms. The highest BCUT2D eigenvalue weighted by Crippen LogP contribution is 2.18. The summed E-state index contributed by atoms with van der Waals surface area (Å²) in [6, 6.07) is 0. The van der Waals surface area contributed by atoms with E-state index in [1.54, 1.807) is 4.90 Å². The number of aromatic amines is 1. The molecule has 0 saturated heterocycles. The number of tetrazole rings is 1. The molecule has 0 atom stereocenters. The average Bonchev–Trinajstić information content (AvgIpc) is 3.31. The van der Waals surface area contributed by atoms with Crippen LogP contribution in [0.1, 0.15) is 22.0 Å². The summed E-state index contributed by atoms with van der Waals surface area (Å²) < 4.78 is 3.16. The largest absolute Gasteiger partial charge is 0.388 e. The van der Waals surface area contributed by atoms with Crippen molar-refractivity contribution in [3.8, 4) is 5.82 Å². The van der Waals surface area contributed by atoms with Crippen LogP contribution in [-0.2, 0) is 19.7 Å². The molecule has 1 amide bonds. The minimum Gasteiger partial charge on any atom is -0.388 e. The first-order chi connectivity index (χ1) is 11.3. The lowest BCUT2D eigenvalue weighted by Crippen LogP contribution is -2.39. The van der Waals surface area contributed by atoms with E-state index in [1.807, 2.05) is 4.57 Å². The molecular formula is C11H12N10O2. The number of fused-ring (bicyclic) bond motifs is 1. The monoisotopic (exact) mass is 316 g/mol. The number of amides is 1.